The quantitative estimate of drug-likeness (QED) is 0.243. The first kappa shape index (κ1) is 32.9. The van der Waals surface area contributed by atoms with Gasteiger partial charge >= 0.3 is 5.92 Å². The number of nitrogens with one attached hydrogen (secondary N) is 4. The molecule has 0 aromatic heterocycles. The van der Waals surface area contributed by atoms with Crippen LogP contribution in [0.5, 0.6) is 0 Å². The van der Waals surface area contributed by atoms with E-state index in [0.717, 1.165) is 7.05 Å². The van der Waals surface area contributed by atoms with Crippen molar-refractivity contribution in [3.63, 3.8) is 0 Å². The smallest absolute Gasteiger partial charge is 0.351 e. The van der Waals surface area contributed by atoms with Gasteiger partial charge < -0.3 is 15.7 Å². The fourth-order valence-corrected chi connectivity index (χ4v) is 3.57. The van der Waals surface area contributed by atoms with E-state index in [0.29, 0.717) is 0 Å². The van der Waals surface area contributed by atoms with Crippen molar-refractivity contribution in [1.82, 2.24) is 21.3 Å². The minimum Gasteiger partial charge on any atom is -0.385 e. The number of rotatable bonds is 14. The Hall–Kier alpha value is -2.14. The van der Waals surface area contributed by atoms with Crippen molar-refractivity contribution in [3.8, 4) is 0 Å². The van der Waals surface area contributed by atoms with Gasteiger partial charge in [0.25, 0.3) is 5.91 Å². The van der Waals surface area contributed by atoms with E-state index >= 15 is 0 Å². The van der Waals surface area contributed by atoms with Crippen LogP contribution in [0.3, 0.4) is 0 Å². The molecule has 0 heterocycles. The molecule has 0 aliphatic carbocycles. The van der Waals surface area contributed by atoms with Crippen LogP contribution in [0.25, 0.3) is 0 Å². The molecule has 0 saturated heterocycles. The predicted octanol–water partition coefficient (Wildman–Crippen LogP) is 1.59. The summed E-state index contributed by atoms with van der Waals surface area (Å²) in [7, 11) is 1.04. The molecule has 4 atom stereocenters. The predicted molar refractivity (Wildman–Crippen MR) is 129 cm³/mol. The van der Waals surface area contributed by atoms with Crippen LogP contribution in [0.2, 0.25) is 0 Å². The maximum absolute atomic E-state index is 14.5. The minimum absolute atomic E-state index is 0.0398. The van der Waals surface area contributed by atoms with Gasteiger partial charge in [-0.15, -0.1) is 0 Å². The molecule has 0 saturated carbocycles. The summed E-state index contributed by atoms with van der Waals surface area (Å²) in [5.41, 5.74) is 0. The number of halogens is 2. The summed E-state index contributed by atoms with van der Waals surface area (Å²) in [6, 6.07) is -3.41. The highest BCUT2D eigenvalue weighted by atomic mass is 19.3. The molecule has 4 amide bonds. The molecule has 0 bridgehead atoms. The summed E-state index contributed by atoms with van der Waals surface area (Å²) in [5.74, 6) is -8.39. The number of hydrogen-bond acceptors (Lipinski definition) is 6. The second kappa shape index (κ2) is 14.4. The van der Waals surface area contributed by atoms with E-state index in [2.05, 4.69) is 16.0 Å². The topological polar surface area (TPSA) is 137 Å². The van der Waals surface area contributed by atoms with Gasteiger partial charge in [-0.05, 0) is 30.1 Å². The fourth-order valence-electron chi connectivity index (χ4n) is 3.57. The lowest BCUT2D eigenvalue weighted by molar-refractivity contribution is -0.167. The molecular weight excluding hydrogens is 462 g/mol. The monoisotopic (exact) mass is 506 g/mol. The van der Waals surface area contributed by atoms with Crippen LogP contribution in [0.1, 0.15) is 68.2 Å². The van der Waals surface area contributed by atoms with E-state index in [9.17, 15) is 33.1 Å². The lowest BCUT2D eigenvalue weighted by atomic mass is 9.92. The second-order valence-electron chi connectivity index (χ2n) is 10.5. The standard InChI is InChI=1S/C24H44F2N4O5/c1-12(2)10-16(20(32)24(25,26)23(35)27-9)28-18(14(5)6)21(33)30-22(34)19(15(7)8)29-17(31)11-13(3)4/h12-16,18-20,28,32H,10-11H2,1-9H3,(H,27,35)(H,29,31)(H,30,33,34)/t16-,18+,19+,20-/m1/s1. The van der Waals surface area contributed by atoms with Gasteiger partial charge in [0.15, 0.2) is 0 Å². The van der Waals surface area contributed by atoms with Gasteiger partial charge in [-0.3, -0.25) is 29.8 Å². The molecule has 0 aliphatic rings. The molecular formula is C24H44F2N4O5. The van der Waals surface area contributed by atoms with Crippen LogP contribution in [0, 0.1) is 23.7 Å². The molecule has 0 aromatic carbocycles. The Morgan fingerprint density at radius 2 is 1.31 bits per heavy atom. The van der Waals surface area contributed by atoms with Gasteiger partial charge in [-0.25, -0.2) is 0 Å². The van der Waals surface area contributed by atoms with Crippen molar-refractivity contribution < 1.29 is 33.1 Å². The van der Waals surface area contributed by atoms with Crippen LogP contribution >= 0.6 is 0 Å². The van der Waals surface area contributed by atoms with Crippen molar-refractivity contribution in [1.29, 1.82) is 0 Å². The SMILES string of the molecule is CNC(=O)C(F)(F)[C@H](O)[C@@H](CC(C)C)N[C@H](C(=O)NC(=O)[C@@H](NC(=O)CC(C)C)C(C)C)C(C)C. The lowest BCUT2D eigenvalue weighted by Crippen LogP contribution is -2.62. The van der Waals surface area contributed by atoms with E-state index < -0.39 is 53.8 Å². The number of carbonyl (C=O) groups excluding carboxylic acids is 4. The summed E-state index contributed by atoms with van der Waals surface area (Å²) < 4.78 is 29.0. The summed E-state index contributed by atoms with van der Waals surface area (Å²) >= 11 is 0. The number of carbonyl (C=O) groups is 4. The van der Waals surface area contributed by atoms with Gasteiger partial charge in [0.1, 0.15) is 12.1 Å². The average molecular weight is 507 g/mol. The van der Waals surface area contributed by atoms with Crippen molar-refractivity contribution >= 4 is 23.6 Å². The number of alkyl halides is 2. The third kappa shape index (κ3) is 10.6. The van der Waals surface area contributed by atoms with E-state index in [4.69, 9.17) is 0 Å². The molecule has 5 N–H and O–H groups in total. The Kier molecular flexibility index (Phi) is 13.5. The van der Waals surface area contributed by atoms with Crippen LogP contribution < -0.4 is 21.3 Å². The van der Waals surface area contributed by atoms with Crippen LogP contribution in [0.4, 0.5) is 8.78 Å². The largest absolute Gasteiger partial charge is 0.385 e. The molecule has 0 radical (unpaired) electrons. The van der Waals surface area contributed by atoms with Crippen molar-refractivity contribution in [2.24, 2.45) is 23.7 Å². The Balaban J connectivity index is 5.72. The van der Waals surface area contributed by atoms with Gasteiger partial charge in [-0.2, -0.15) is 8.78 Å². The molecule has 35 heavy (non-hydrogen) atoms. The molecule has 0 aromatic rings. The average Bonchev–Trinajstić information content (AvgIpc) is 2.71. The highest BCUT2D eigenvalue weighted by molar-refractivity contribution is 6.01. The van der Waals surface area contributed by atoms with E-state index in [1.54, 1.807) is 41.5 Å². The molecule has 0 aliphatic heterocycles. The second-order valence-corrected chi connectivity index (χ2v) is 10.5. The summed E-state index contributed by atoms with van der Waals surface area (Å²) in [6.07, 6.45) is -2.15. The summed E-state index contributed by atoms with van der Waals surface area (Å²) in [4.78, 5) is 49.7. The maximum Gasteiger partial charge on any atom is 0.351 e. The maximum atomic E-state index is 14.5. The Labute approximate surface area is 207 Å². The molecule has 204 valence electrons. The van der Waals surface area contributed by atoms with Crippen molar-refractivity contribution in [2.45, 2.75) is 98.4 Å². The molecule has 0 spiro atoms. The van der Waals surface area contributed by atoms with Crippen molar-refractivity contribution in [2.75, 3.05) is 7.05 Å². The third-order valence-corrected chi connectivity index (χ3v) is 5.46. The molecule has 0 unspecified atom stereocenters. The molecule has 0 rings (SSSR count). The number of hydrogen-bond donors (Lipinski definition) is 5. The minimum atomic E-state index is -4.10. The summed E-state index contributed by atoms with van der Waals surface area (Å²) in [5, 5.41) is 19.9. The normalized spacial score (nSPS) is 15.7. The molecule has 0 fully saturated rings. The van der Waals surface area contributed by atoms with Gasteiger partial charge in [0.2, 0.25) is 17.7 Å². The number of aliphatic hydroxyl groups is 1. The highest BCUT2D eigenvalue weighted by Gasteiger charge is 2.50. The van der Waals surface area contributed by atoms with Gasteiger partial charge in [0, 0.05) is 19.5 Å². The van der Waals surface area contributed by atoms with E-state index in [-0.39, 0.29) is 36.5 Å². The first-order chi connectivity index (χ1) is 15.9. The van der Waals surface area contributed by atoms with Crippen molar-refractivity contribution in [3.05, 3.63) is 0 Å². The Bertz CT molecular complexity index is 729. The number of aliphatic hydroxyl groups excluding tert-OH is 1. The number of imide groups is 1. The van der Waals surface area contributed by atoms with E-state index in [1.807, 2.05) is 19.2 Å². The highest BCUT2D eigenvalue weighted by Crippen LogP contribution is 2.25. The zero-order valence-electron chi connectivity index (χ0n) is 22.4. The fraction of sp³-hybridized carbons (Fsp3) is 0.833. The Morgan fingerprint density at radius 3 is 1.71 bits per heavy atom. The van der Waals surface area contributed by atoms with Gasteiger partial charge in [-0.1, -0.05) is 55.4 Å². The Morgan fingerprint density at radius 1 is 0.829 bits per heavy atom. The van der Waals surface area contributed by atoms with Crippen LogP contribution in [0.15, 0.2) is 0 Å². The first-order valence-electron chi connectivity index (χ1n) is 12.1. The zero-order valence-corrected chi connectivity index (χ0v) is 22.4. The summed E-state index contributed by atoms with van der Waals surface area (Å²) in [6.45, 7) is 14.0. The zero-order chi connectivity index (χ0) is 27.7. The molecule has 9 nitrogen and oxygen atoms in total. The third-order valence-electron chi connectivity index (χ3n) is 5.46. The van der Waals surface area contributed by atoms with Gasteiger partial charge in [0.05, 0.1) is 6.04 Å². The van der Waals surface area contributed by atoms with Crippen LogP contribution in [-0.2, 0) is 19.2 Å². The van der Waals surface area contributed by atoms with Crippen LogP contribution in [-0.4, -0.2) is 65.9 Å². The number of amides is 4. The van der Waals surface area contributed by atoms with E-state index in [1.165, 1.54) is 0 Å². The molecule has 11 heteroatoms. The lowest BCUT2D eigenvalue weighted by Gasteiger charge is -2.34. The first-order valence-corrected chi connectivity index (χ1v) is 12.1.